The first-order chi connectivity index (χ1) is 7.20. The Morgan fingerprint density at radius 3 is 3.07 bits per heavy atom. The largest absolute Gasteiger partial charge is 0.470 e. The molecule has 80 valence electrons. The van der Waals surface area contributed by atoms with Gasteiger partial charge in [-0.2, -0.15) is 0 Å². The molecule has 0 aliphatic carbocycles. The summed E-state index contributed by atoms with van der Waals surface area (Å²) in [7, 11) is 0. The summed E-state index contributed by atoms with van der Waals surface area (Å²) in [6, 6.07) is 2.92. The van der Waals surface area contributed by atoms with Gasteiger partial charge in [0, 0.05) is 0 Å². The van der Waals surface area contributed by atoms with Crippen LogP contribution in [0.3, 0.4) is 0 Å². The smallest absolute Gasteiger partial charge is 0.274 e. The summed E-state index contributed by atoms with van der Waals surface area (Å²) in [6.07, 6.45) is 0.923. The Balaban J connectivity index is 2.38. The van der Waals surface area contributed by atoms with Crippen molar-refractivity contribution in [2.45, 2.75) is 13.3 Å². The Hall–Kier alpha value is -1.36. The van der Waals surface area contributed by atoms with Crippen molar-refractivity contribution in [3.63, 3.8) is 0 Å². The molecule has 2 aromatic rings. The van der Waals surface area contributed by atoms with Crippen LogP contribution >= 0.6 is 11.3 Å². The van der Waals surface area contributed by atoms with Crippen molar-refractivity contribution in [3.8, 4) is 5.19 Å². The van der Waals surface area contributed by atoms with Crippen LogP contribution in [0.4, 0.5) is 10.1 Å². The van der Waals surface area contributed by atoms with Gasteiger partial charge >= 0.3 is 0 Å². The third kappa shape index (κ3) is 2.02. The highest BCUT2D eigenvalue weighted by atomic mass is 32.1. The van der Waals surface area contributed by atoms with E-state index in [0.717, 1.165) is 11.1 Å². The third-order valence-electron chi connectivity index (χ3n) is 1.92. The van der Waals surface area contributed by atoms with Crippen molar-refractivity contribution in [3.05, 3.63) is 17.9 Å². The van der Waals surface area contributed by atoms with E-state index in [4.69, 9.17) is 10.5 Å². The average Bonchev–Trinajstić information content (AvgIpc) is 2.58. The molecule has 1 heterocycles. The van der Waals surface area contributed by atoms with Crippen LogP contribution in [0, 0.1) is 5.82 Å². The fraction of sp³-hybridized carbons (Fsp3) is 0.300. The molecule has 0 spiro atoms. The SMILES string of the molecule is CCCOc1nc2cc(N)c(F)cc2s1. The normalized spacial score (nSPS) is 10.8. The van der Waals surface area contributed by atoms with Crippen molar-refractivity contribution >= 4 is 27.2 Å². The third-order valence-corrected chi connectivity index (χ3v) is 2.85. The molecule has 0 saturated carbocycles. The second-order valence-corrected chi connectivity index (χ2v) is 4.16. The van der Waals surface area contributed by atoms with E-state index in [1.165, 1.54) is 23.5 Å². The number of thiazole rings is 1. The van der Waals surface area contributed by atoms with Crippen LogP contribution in [0.1, 0.15) is 13.3 Å². The number of hydrogen-bond donors (Lipinski definition) is 1. The van der Waals surface area contributed by atoms with Crippen LogP contribution in [0.2, 0.25) is 0 Å². The molecule has 15 heavy (non-hydrogen) atoms. The molecule has 0 amide bonds. The Morgan fingerprint density at radius 1 is 1.53 bits per heavy atom. The van der Waals surface area contributed by atoms with Crippen molar-refractivity contribution < 1.29 is 9.13 Å². The Morgan fingerprint density at radius 2 is 2.33 bits per heavy atom. The van der Waals surface area contributed by atoms with Gasteiger partial charge in [0.1, 0.15) is 5.82 Å². The fourth-order valence-corrected chi connectivity index (χ4v) is 2.04. The van der Waals surface area contributed by atoms with Gasteiger partial charge in [-0.1, -0.05) is 18.3 Å². The molecule has 0 radical (unpaired) electrons. The van der Waals surface area contributed by atoms with Crippen molar-refractivity contribution in [2.75, 3.05) is 12.3 Å². The lowest BCUT2D eigenvalue weighted by Crippen LogP contribution is -1.93. The van der Waals surface area contributed by atoms with Gasteiger partial charge in [-0.3, -0.25) is 0 Å². The van der Waals surface area contributed by atoms with Crippen molar-refractivity contribution in [2.24, 2.45) is 0 Å². The Bertz CT molecular complexity index is 444. The molecule has 2 N–H and O–H groups in total. The molecule has 0 atom stereocenters. The van der Waals surface area contributed by atoms with Gasteiger partial charge in [0.05, 0.1) is 22.5 Å². The minimum Gasteiger partial charge on any atom is -0.470 e. The van der Waals surface area contributed by atoms with Crippen LogP contribution in [0.25, 0.3) is 10.2 Å². The average molecular weight is 226 g/mol. The zero-order valence-electron chi connectivity index (χ0n) is 8.29. The molecule has 1 aromatic carbocycles. The monoisotopic (exact) mass is 226 g/mol. The number of ether oxygens (including phenoxy) is 1. The zero-order valence-corrected chi connectivity index (χ0v) is 9.10. The first kappa shape index (κ1) is 10.2. The van der Waals surface area contributed by atoms with Gasteiger partial charge in [-0.15, -0.1) is 0 Å². The van der Waals surface area contributed by atoms with Gasteiger partial charge in [-0.25, -0.2) is 9.37 Å². The molecular formula is C10H11FN2OS. The number of nitrogens with zero attached hydrogens (tertiary/aromatic N) is 1. The number of hydrogen-bond acceptors (Lipinski definition) is 4. The zero-order chi connectivity index (χ0) is 10.8. The number of fused-ring (bicyclic) bond motifs is 1. The van der Waals surface area contributed by atoms with Crippen LogP contribution in [0.5, 0.6) is 5.19 Å². The Labute approximate surface area is 90.7 Å². The summed E-state index contributed by atoms with van der Waals surface area (Å²) < 4.78 is 19.2. The van der Waals surface area contributed by atoms with Crippen LogP contribution in [-0.2, 0) is 0 Å². The minimum atomic E-state index is -0.409. The number of halogens is 1. The topological polar surface area (TPSA) is 48.1 Å². The molecular weight excluding hydrogens is 215 g/mol. The number of rotatable bonds is 3. The second-order valence-electron chi connectivity index (χ2n) is 3.17. The van der Waals surface area contributed by atoms with Gasteiger partial charge < -0.3 is 10.5 Å². The van der Waals surface area contributed by atoms with Gasteiger partial charge in [0.25, 0.3) is 5.19 Å². The molecule has 1 aromatic heterocycles. The number of anilines is 1. The van der Waals surface area contributed by atoms with Gasteiger partial charge in [-0.05, 0) is 18.6 Å². The molecule has 0 fully saturated rings. The lowest BCUT2D eigenvalue weighted by molar-refractivity contribution is 0.316. The molecule has 0 saturated heterocycles. The van der Waals surface area contributed by atoms with Crippen LogP contribution < -0.4 is 10.5 Å². The van der Waals surface area contributed by atoms with Crippen LogP contribution in [0.15, 0.2) is 12.1 Å². The molecule has 3 nitrogen and oxygen atoms in total. The lowest BCUT2D eigenvalue weighted by atomic mass is 10.3. The summed E-state index contributed by atoms with van der Waals surface area (Å²) >= 11 is 1.33. The van der Waals surface area contributed by atoms with E-state index in [9.17, 15) is 4.39 Å². The van der Waals surface area contributed by atoms with E-state index in [0.29, 0.717) is 17.3 Å². The van der Waals surface area contributed by atoms with E-state index in [-0.39, 0.29) is 5.69 Å². The number of aromatic nitrogens is 1. The molecule has 2 rings (SSSR count). The summed E-state index contributed by atoms with van der Waals surface area (Å²) in [5, 5.41) is 0.567. The van der Waals surface area contributed by atoms with E-state index in [1.807, 2.05) is 6.92 Å². The van der Waals surface area contributed by atoms with E-state index >= 15 is 0 Å². The quantitative estimate of drug-likeness (QED) is 0.819. The maximum absolute atomic E-state index is 13.1. The summed E-state index contributed by atoms with van der Waals surface area (Å²) in [6.45, 7) is 2.64. The maximum Gasteiger partial charge on any atom is 0.274 e. The number of benzene rings is 1. The highest BCUT2D eigenvalue weighted by molar-refractivity contribution is 7.20. The summed E-state index contributed by atoms with van der Waals surface area (Å²) in [5.41, 5.74) is 6.25. The first-order valence-corrected chi connectivity index (χ1v) is 5.50. The molecule has 0 aliphatic rings. The van der Waals surface area contributed by atoms with Crippen molar-refractivity contribution in [1.82, 2.24) is 4.98 Å². The molecule has 5 heteroatoms. The van der Waals surface area contributed by atoms with Gasteiger partial charge in [0.15, 0.2) is 0 Å². The number of nitrogen functional groups attached to an aromatic ring is 1. The molecule has 0 unspecified atom stereocenters. The van der Waals surface area contributed by atoms with Crippen molar-refractivity contribution in [1.29, 1.82) is 0 Å². The predicted octanol–water partition coefficient (Wildman–Crippen LogP) is 2.81. The predicted molar refractivity (Wildman–Crippen MR) is 59.8 cm³/mol. The molecule has 0 aliphatic heterocycles. The van der Waals surface area contributed by atoms with E-state index in [2.05, 4.69) is 4.98 Å². The maximum atomic E-state index is 13.1. The minimum absolute atomic E-state index is 0.120. The van der Waals surface area contributed by atoms with E-state index < -0.39 is 5.82 Å². The molecule has 0 bridgehead atoms. The number of nitrogens with two attached hydrogens (primary N) is 1. The van der Waals surface area contributed by atoms with Crippen LogP contribution in [-0.4, -0.2) is 11.6 Å². The second kappa shape index (κ2) is 4.02. The summed E-state index contributed by atoms with van der Waals surface area (Å²) in [5.74, 6) is -0.409. The fourth-order valence-electron chi connectivity index (χ4n) is 1.20. The highest BCUT2D eigenvalue weighted by Gasteiger charge is 2.08. The first-order valence-electron chi connectivity index (χ1n) is 4.69. The Kier molecular flexibility index (Phi) is 2.73. The lowest BCUT2D eigenvalue weighted by Gasteiger charge is -1.95. The standard InChI is InChI=1S/C10H11FN2OS/c1-2-3-14-10-13-8-5-7(12)6(11)4-9(8)15-10/h4-5H,2-3,12H2,1H3. The van der Waals surface area contributed by atoms with Gasteiger partial charge in [0.2, 0.25) is 0 Å². The highest BCUT2D eigenvalue weighted by Crippen LogP contribution is 2.30. The summed E-state index contributed by atoms with van der Waals surface area (Å²) in [4.78, 5) is 4.20. The van der Waals surface area contributed by atoms with E-state index in [1.54, 1.807) is 0 Å².